The van der Waals surface area contributed by atoms with E-state index in [2.05, 4.69) is 10.3 Å². The SMILES string of the molecule is CNCc1sc(-c2ncc(Cl)cc2Cl)nc1C1CC1. The summed E-state index contributed by atoms with van der Waals surface area (Å²) < 4.78 is 0. The zero-order valence-corrected chi connectivity index (χ0v) is 12.7. The molecule has 2 aromatic heterocycles. The standard InChI is InChI=1S/C13H13Cl2N3S/c1-16-6-10-11(7-2-3-7)18-13(19-10)12-9(15)4-8(14)5-17-12/h4-5,7,16H,2-3,6H2,1H3. The molecular weight excluding hydrogens is 301 g/mol. The lowest BCUT2D eigenvalue weighted by molar-refractivity contribution is 0.813. The Bertz CT molecular complexity index is 608. The molecule has 1 aliphatic rings. The Balaban J connectivity index is 2.02. The second kappa shape index (κ2) is 5.37. The molecule has 0 aliphatic heterocycles. The summed E-state index contributed by atoms with van der Waals surface area (Å²) in [5.74, 6) is 0.624. The van der Waals surface area contributed by atoms with Crippen molar-refractivity contribution in [2.75, 3.05) is 7.05 Å². The molecule has 100 valence electrons. The third-order valence-corrected chi connectivity index (χ3v) is 4.61. The van der Waals surface area contributed by atoms with Crippen LogP contribution in [0.1, 0.15) is 29.3 Å². The van der Waals surface area contributed by atoms with E-state index >= 15 is 0 Å². The van der Waals surface area contributed by atoms with E-state index in [1.807, 2.05) is 7.05 Å². The van der Waals surface area contributed by atoms with Crippen molar-refractivity contribution in [1.82, 2.24) is 15.3 Å². The Labute approximate surface area is 126 Å². The molecule has 0 aromatic carbocycles. The zero-order chi connectivity index (χ0) is 13.4. The van der Waals surface area contributed by atoms with Crippen LogP contribution >= 0.6 is 34.5 Å². The van der Waals surface area contributed by atoms with Gasteiger partial charge in [0, 0.05) is 23.5 Å². The number of thiazole rings is 1. The lowest BCUT2D eigenvalue weighted by atomic mass is 10.2. The zero-order valence-electron chi connectivity index (χ0n) is 10.4. The fraction of sp³-hybridized carbons (Fsp3) is 0.385. The van der Waals surface area contributed by atoms with Gasteiger partial charge < -0.3 is 5.32 Å². The Kier molecular flexibility index (Phi) is 3.76. The number of hydrogen-bond acceptors (Lipinski definition) is 4. The van der Waals surface area contributed by atoms with Gasteiger partial charge in [-0.3, -0.25) is 4.98 Å². The number of aromatic nitrogens is 2. The van der Waals surface area contributed by atoms with Crippen LogP contribution in [0.15, 0.2) is 12.3 Å². The molecule has 0 spiro atoms. The Morgan fingerprint density at radius 3 is 2.84 bits per heavy atom. The van der Waals surface area contributed by atoms with E-state index in [9.17, 15) is 0 Å². The maximum Gasteiger partial charge on any atom is 0.143 e. The van der Waals surface area contributed by atoms with Gasteiger partial charge >= 0.3 is 0 Å². The topological polar surface area (TPSA) is 37.8 Å². The van der Waals surface area contributed by atoms with Crippen LogP contribution in [0.25, 0.3) is 10.7 Å². The summed E-state index contributed by atoms with van der Waals surface area (Å²) in [4.78, 5) is 10.3. The number of halogens is 2. The largest absolute Gasteiger partial charge is 0.315 e. The molecule has 1 aliphatic carbocycles. The van der Waals surface area contributed by atoms with Gasteiger partial charge in [0.2, 0.25) is 0 Å². The Hall–Kier alpha value is -0.680. The van der Waals surface area contributed by atoms with Crippen molar-refractivity contribution in [2.24, 2.45) is 0 Å². The molecule has 2 aromatic rings. The van der Waals surface area contributed by atoms with Crippen LogP contribution in [0, 0.1) is 0 Å². The molecule has 0 saturated heterocycles. The molecule has 0 bridgehead atoms. The average molecular weight is 314 g/mol. The predicted octanol–water partition coefficient (Wildman–Crippen LogP) is 4.11. The van der Waals surface area contributed by atoms with Gasteiger partial charge in [0.1, 0.15) is 10.7 Å². The fourth-order valence-electron chi connectivity index (χ4n) is 2.00. The van der Waals surface area contributed by atoms with Crippen molar-refractivity contribution in [3.63, 3.8) is 0 Å². The molecule has 1 N–H and O–H groups in total. The summed E-state index contributed by atoms with van der Waals surface area (Å²) in [5, 5.41) is 5.17. The number of pyridine rings is 1. The highest BCUT2D eigenvalue weighted by Gasteiger charge is 2.30. The lowest BCUT2D eigenvalue weighted by Crippen LogP contribution is -2.05. The van der Waals surface area contributed by atoms with E-state index in [0.29, 0.717) is 16.0 Å². The summed E-state index contributed by atoms with van der Waals surface area (Å²) in [6.07, 6.45) is 4.09. The van der Waals surface area contributed by atoms with Crippen LogP contribution < -0.4 is 5.32 Å². The van der Waals surface area contributed by atoms with Gasteiger partial charge in [-0.15, -0.1) is 11.3 Å². The first-order valence-electron chi connectivity index (χ1n) is 6.14. The van der Waals surface area contributed by atoms with Gasteiger partial charge in [-0.05, 0) is 26.0 Å². The van der Waals surface area contributed by atoms with E-state index in [-0.39, 0.29) is 0 Å². The maximum absolute atomic E-state index is 6.20. The second-order valence-corrected chi connectivity index (χ2v) is 6.54. The van der Waals surface area contributed by atoms with E-state index in [1.54, 1.807) is 23.6 Å². The number of hydrogen-bond donors (Lipinski definition) is 1. The van der Waals surface area contributed by atoms with Crippen molar-refractivity contribution < 1.29 is 0 Å². The third kappa shape index (κ3) is 2.77. The molecule has 2 heterocycles. The van der Waals surface area contributed by atoms with Crippen LogP contribution in [-0.2, 0) is 6.54 Å². The molecule has 0 atom stereocenters. The monoisotopic (exact) mass is 313 g/mol. The molecule has 0 unspecified atom stereocenters. The highest BCUT2D eigenvalue weighted by Crippen LogP contribution is 2.44. The minimum atomic E-state index is 0.545. The molecule has 0 amide bonds. The van der Waals surface area contributed by atoms with Gasteiger partial charge in [0.05, 0.1) is 15.7 Å². The summed E-state index contributed by atoms with van der Waals surface area (Å²) in [6.45, 7) is 0.842. The molecule has 0 radical (unpaired) electrons. The van der Waals surface area contributed by atoms with Gasteiger partial charge in [0.25, 0.3) is 0 Å². The highest BCUT2D eigenvalue weighted by molar-refractivity contribution is 7.15. The molecule has 3 nitrogen and oxygen atoms in total. The van der Waals surface area contributed by atoms with Crippen LogP contribution in [-0.4, -0.2) is 17.0 Å². The first kappa shape index (κ1) is 13.3. The van der Waals surface area contributed by atoms with Crippen molar-refractivity contribution in [3.8, 4) is 10.7 Å². The molecule has 3 rings (SSSR count). The first-order chi connectivity index (χ1) is 9.19. The predicted molar refractivity (Wildman–Crippen MR) is 80.1 cm³/mol. The van der Waals surface area contributed by atoms with Crippen molar-refractivity contribution >= 4 is 34.5 Å². The number of nitrogens with zero attached hydrogens (tertiary/aromatic N) is 2. The minimum Gasteiger partial charge on any atom is -0.315 e. The van der Waals surface area contributed by atoms with E-state index < -0.39 is 0 Å². The summed E-state index contributed by atoms with van der Waals surface area (Å²) in [5.41, 5.74) is 1.93. The maximum atomic E-state index is 6.20. The van der Waals surface area contributed by atoms with Crippen molar-refractivity contribution in [3.05, 3.63) is 32.9 Å². The lowest BCUT2D eigenvalue weighted by Gasteiger charge is -1.99. The number of rotatable bonds is 4. The second-order valence-electron chi connectivity index (χ2n) is 4.62. The van der Waals surface area contributed by atoms with Crippen LogP contribution in [0.4, 0.5) is 0 Å². The van der Waals surface area contributed by atoms with Gasteiger partial charge in [0.15, 0.2) is 0 Å². The third-order valence-electron chi connectivity index (χ3n) is 3.04. The van der Waals surface area contributed by atoms with Gasteiger partial charge in [-0.2, -0.15) is 0 Å². The van der Waals surface area contributed by atoms with Gasteiger partial charge in [-0.1, -0.05) is 23.2 Å². The number of nitrogens with one attached hydrogen (secondary N) is 1. The summed E-state index contributed by atoms with van der Waals surface area (Å²) in [6, 6.07) is 1.71. The van der Waals surface area contributed by atoms with Crippen LogP contribution in [0.5, 0.6) is 0 Å². The molecule has 6 heteroatoms. The van der Waals surface area contributed by atoms with Crippen LogP contribution in [0.3, 0.4) is 0 Å². The van der Waals surface area contributed by atoms with Gasteiger partial charge in [-0.25, -0.2) is 4.98 Å². The molecule has 1 fully saturated rings. The smallest absolute Gasteiger partial charge is 0.143 e. The molecule has 19 heavy (non-hydrogen) atoms. The normalized spacial score (nSPS) is 14.9. The minimum absolute atomic E-state index is 0.545. The average Bonchev–Trinajstić information content (AvgIpc) is 3.12. The Morgan fingerprint density at radius 1 is 1.42 bits per heavy atom. The van der Waals surface area contributed by atoms with E-state index in [0.717, 1.165) is 17.2 Å². The summed E-state index contributed by atoms with van der Waals surface area (Å²) in [7, 11) is 1.95. The van der Waals surface area contributed by atoms with Crippen molar-refractivity contribution in [2.45, 2.75) is 25.3 Å². The quantitative estimate of drug-likeness (QED) is 0.923. The van der Waals surface area contributed by atoms with Crippen LogP contribution in [0.2, 0.25) is 10.0 Å². The highest BCUT2D eigenvalue weighted by atomic mass is 35.5. The van der Waals surface area contributed by atoms with E-state index in [1.165, 1.54) is 23.4 Å². The first-order valence-corrected chi connectivity index (χ1v) is 7.72. The van der Waals surface area contributed by atoms with E-state index in [4.69, 9.17) is 28.2 Å². The molecular formula is C13H13Cl2N3S. The molecule has 1 saturated carbocycles. The summed E-state index contributed by atoms with van der Waals surface area (Å²) >= 11 is 13.7. The fourth-order valence-corrected chi connectivity index (χ4v) is 3.70. The Morgan fingerprint density at radius 2 is 2.21 bits per heavy atom. The van der Waals surface area contributed by atoms with Crippen molar-refractivity contribution in [1.29, 1.82) is 0 Å².